The average Bonchev–Trinajstić information content (AvgIpc) is 2.90. The van der Waals surface area contributed by atoms with Crippen molar-refractivity contribution in [2.75, 3.05) is 57.4 Å². The highest BCUT2D eigenvalue weighted by Crippen LogP contribution is 2.34. The molecule has 3 heterocycles. The summed E-state index contributed by atoms with van der Waals surface area (Å²) in [5.41, 5.74) is 5.56. The molecule has 33 heavy (non-hydrogen) atoms. The first-order valence-electron chi connectivity index (χ1n) is 16.0. The lowest BCUT2D eigenvalue weighted by Crippen LogP contribution is -2.54. The van der Waals surface area contributed by atoms with Gasteiger partial charge in [0.2, 0.25) is 12.0 Å². The van der Waals surface area contributed by atoms with Crippen LogP contribution in [0.1, 0.15) is 17.8 Å². The molecule has 1 saturated heterocycles. The van der Waals surface area contributed by atoms with Crippen molar-refractivity contribution in [1.29, 1.82) is 0 Å². The van der Waals surface area contributed by atoms with E-state index in [1.807, 2.05) is 0 Å². The Bertz CT molecular complexity index is 1700. The second-order valence-electron chi connectivity index (χ2n) is 6.82. The van der Waals surface area contributed by atoms with Crippen LogP contribution in [0.4, 0.5) is 11.8 Å². The highest BCUT2D eigenvalue weighted by Gasteiger charge is 2.33. The zero-order valence-electron chi connectivity index (χ0n) is 29.8. The predicted octanol–water partition coefficient (Wildman–Crippen LogP) is 1.72. The van der Waals surface area contributed by atoms with E-state index in [1.165, 1.54) is 12.1 Å². The molecule has 0 bridgehead atoms. The highest BCUT2D eigenvalue weighted by atomic mass is 16.6. The number of nitrogens with zero attached hydrogens (tertiary/aromatic N) is 4. The number of hydrogen-bond acceptors (Lipinski definition) is 9. The van der Waals surface area contributed by atoms with Crippen molar-refractivity contribution in [1.82, 2.24) is 14.9 Å². The van der Waals surface area contributed by atoms with Crippen molar-refractivity contribution in [2.24, 2.45) is 0 Å². The fourth-order valence-electron chi connectivity index (χ4n) is 3.20. The van der Waals surface area contributed by atoms with Crippen molar-refractivity contribution in [2.45, 2.75) is 6.08 Å². The standard InChI is InChI=1S/C23H25N5O5/c1-30-18-11-14-15(12-19(18)31-2)25-23(26-21(14)24)28-9-7-27(8-10-28)22(29)20-13-32-16-5-3-4-6-17(16)33-20/h3-6,11-12,20H,7-10,13H2,1-2H3,(H2,24,25,26)/i1D3,2D3,7D2,8D2,11D,12D,20D. The summed E-state index contributed by atoms with van der Waals surface area (Å²) in [7, 11) is -6.41. The van der Waals surface area contributed by atoms with Crippen LogP contribution < -0.4 is 29.6 Å². The number of carbonyl (C=O) groups is 1. The van der Waals surface area contributed by atoms with Crippen LogP contribution in [-0.2, 0) is 4.79 Å². The fourth-order valence-corrected chi connectivity index (χ4v) is 3.20. The summed E-state index contributed by atoms with van der Waals surface area (Å²) in [4.78, 5) is 22.9. The molecular formula is C23H25N5O5. The molecule has 10 nitrogen and oxygen atoms in total. The normalized spacial score (nSPS) is 29.5. The molecule has 1 amide bonds. The van der Waals surface area contributed by atoms with Crippen molar-refractivity contribution in [3.05, 3.63) is 36.4 Å². The number of carbonyl (C=O) groups excluding carboxylic acids is 1. The monoisotopic (exact) mass is 464 g/mol. The molecule has 0 spiro atoms. The van der Waals surface area contributed by atoms with E-state index < -0.39 is 105 Å². The van der Waals surface area contributed by atoms with Gasteiger partial charge in [0.15, 0.2) is 23.0 Å². The van der Waals surface area contributed by atoms with Gasteiger partial charge in [-0.05, 0) is 18.2 Å². The summed E-state index contributed by atoms with van der Waals surface area (Å²) in [5, 5.41) is -0.420. The summed E-state index contributed by atoms with van der Waals surface area (Å²) >= 11 is 0. The van der Waals surface area contributed by atoms with Crippen LogP contribution in [0.25, 0.3) is 10.9 Å². The Balaban J connectivity index is 1.54. The van der Waals surface area contributed by atoms with Crippen molar-refractivity contribution < 1.29 is 41.6 Å². The van der Waals surface area contributed by atoms with Crippen molar-refractivity contribution >= 4 is 28.6 Å². The van der Waals surface area contributed by atoms with Gasteiger partial charge in [-0.1, -0.05) is 12.1 Å². The predicted molar refractivity (Wildman–Crippen MR) is 122 cm³/mol. The number of benzene rings is 2. The van der Waals surface area contributed by atoms with Gasteiger partial charge in [0.1, 0.15) is 12.4 Å². The minimum absolute atomic E-state index is 0.0334. The lowest BCUT2D eigenvalue weighted by molar-refractivity contribution is -0.141. The van der Waals surface area contributed by atoms with Gasteiger partial charge < -0.3 is 34.5 Å². The van der Waals surface area contributed by atoms with E-state index >= 15 is 0 Å². The van der Waals surface area contributed by atoms with Crippen LogP contribution in [0, 0.1) is 0 Å². The average molecular weight is 465 g/mol. The molecule has 5 rings (SSSR count). The first-order valence-corrected chi connectivity index (χ1v) is 9.52. The van der Waals surface area contributed by atoms with Gasteiger partial charge in [-0.3, -0.25) is 4.79 Å². The molecule has 1 unspecified atom stereocenters. The molecule has 3 aromatic rings. The number of methoxy groups -OCH3 is 2. The molecule has 0 saturated carbocycles. The third-order valence-electron chi connectivity index (χ3n) is 4.81. The van der Waals surface area contributed by atoms with E-state index in [0.717, 1.165) is 4.90 Å². The third kappa shape index (κ3) is 3.88. The number of aromatic nitrogens is 2. The number of anilines is 2. The third-order valence-corrected chi connectivity index (χ3v) is 4.81. The molecule has 10 heteroatoms. The summed E-state index contributed by atoms with van der Waals surface area (Å²) in [5.74, 6) is -4.00. The van der Waals surface area contributed by atoms with Crippen LogP contribution in [0.3, 0.4) is 0 Å². The number of para-hydroxylation sites is 2. The van der Waals surface area contributed by atoms with Crippen LogP contribution >= 0.6 is 0 Å². The van der Waals surface area contributed by atoms with Gasteiger partial charge >= 0.3 is 0 Å². The molecule has 0 aliphatic carbocycles. The Kier molecular flexibility index (Phi) is 2.79. The minimum Gasteiger partial charge on any atom is -0.493 e. The van der Waals surface area contributed by atoms with Gasteiger partial charge in [0.05, 0.1) is 37.4 Å². The van der Waals surface area contributed by atoms with Gasteiger partial charge in [-0.15, -0.1) is 0 Å². The summed E-state index contributed by atoms with van der Waals surface area (Å²) in [6.07, 6.45) is -2.54. The lowest BCUT2D eigenvalue weighted by atomic mass is 10.2. The van der Waals surface area contributed by atoms with E-state index in [1.54, 1.807) is 12.1 Å². The number of piperazine rings is 1. The number of amides is 1. The number of nitrogen functional groups attached to an aromatic ring is 1. The molecule has 1 fully saturated rings. The molecule has 172 valence electrons. The zero-order chi connectivity index (χ0) is 34.2. The number of nitrogens with two attached hydrogens (primary N) is 1. The lowest BCUT2D eigenvalue weighted by Gasteiger charge is -2.37. The van der Waals surface area contributed by atoms with Crippen molar-refractivity contribution in [3.8, 4) is 23.0 Å². The van der Waals surface area contributed by atoms with E-state index in [9.17, 15) is 4.79 Å². The number of rotatable bonds is 4. The van der Waals surface area contributed by atoms with Gasteiger partial charge in [-0.25, -0.2) is 4.98 Å². The van der Waals surface area contributed by atoms with Gasteiger partial charge in [0.25, 0.3) is 5.91 Å². The molecule has 2 aliphatic heterocycles. The van der Waals surface area contributed by atoms with E-state index in [-0.39, 0.29) is 16.4 Å². The Morgan fingerprint density at radius 2 is 1.94 bits per heavy atom. The second kappa shape index (κ2) is 8.53. The first kappa shape index (κ1) is 10.8. The van der Waals surface area contributed by atoms with Crippen molar-refractivity contribution in [3.63, 3.8) is 0 Å². The molecule has 1 atom stereocenters. The Morgan fingerprint density at radius 1 is 1.21 bits per heavy atom. The number of ether oxygens (including phenoxy) is 4. The van der Waals surface area contributed by atoms with Crippen LogP contribution in [0.5, 0.6) is 23.0 Å². The second-order valence-corrected chi connectivity index (χ2v) is 6.82. The number of fused-ring (bicyclic) bond motifs is 2. The molecule has 2 aliphatic rings. The first-order chi connectivity index (χ1) is 21.0. The zero-order valence-corrected chi connectivity index (χ0v) is 16.8. The molecule has 2 aromatic carbocycles. The Morgan fingerprint density at radius 3 is 2.70 bits per heavy atom. The van der Waals surface area contributed by atoms with E-state index in [4.69, 9.17) is 42.5 Å². The SMILES string of the molecule is [2H]c1c(OC([2H])([2H])[2H])c(OC([2H])([2H])[2H])c([2H])c2c(N)nc(N3CC([2H])([2H])N(C(=O)C4([2H])COc5ccccc5O4)C([2H])([2H])C3)nc12. The summed E-state index contributed by atoms with van der Waals surface area (Å²) < 4.78 is 125. The number of hydrogen-bond donors (Lipinski definition) is 1. The highest BCUT2D eigenvalue weighted by molar-refractivity contribution is 5.91. The van der Waals surface area contributed by atoms with E-state index in [2.05, 4.69) is 9.97 Å². The van der Waals surface area contributed by atoms with Crippen LogP contribution in [0.2, 0.25) is 0 Å². The summed E-state index contributed by atoms with van der Waals surface area (Å²) in [6.45, 7) is -7.89. The van der Waals surface area contributed by atoms with E-state index in [0.29, 0.717) is 0 Å². The molecular weight excluding hydrogens is 426 g/mol. The maximum Gasteiger partial charge on any atom is 0.267 e. The molecule has 0 radical (unpaired) electrons. The summed E-state index contributed by atoms with van der Waals surface area (Å²) in [6, 6.07) is 4.50. The fraction of sp³-hybridized carbons (Fsp3) is 0.348. The molecule has 1 aromatic heterocycles. The quantitative estimate of drug-likeness (QED) is 0.617. The maximum absolute atomic E-state index is 13.6. The minimum atomic E-state index is -3.22. The van der Waals surface area contributed by atoms with Crippen LogP contribution in [-0.4, -0.2) is 73.6 Å². The largest absolute Gasteiger partial charge is 0.493 e. The smallest absolute Gasteiger partial charge is 0.267 e. The molecule has 2 N–H and O–H groups in total. The van der Waals surface area contributed by atoms with Gasteiger partial charge in [0, 0.05) is 37.5 Å². The van der Waals surface area contributed by atoms with Crippen LogP contribution in [0.15, 0.2) is 36.4 Å². The Hall–Kier alpha value is -3.95. The van der Waals surface area contributed by atoms with Gasteiger partial charge in [-0.2, -0.15) is 4.98 Å². The topological polar surface area (TPSA) is 112 Å². The Labute approximate surface area is 209 Å². The maximum atomic E-state index is 13.6.